The Morgan fingerprint density at radius 3 is 2.80 bits per heavy atom. The lowest BCUT2D eigenvalue weighted by atomic mass is 10.1. The van der Waals surface area contributed by atoms with E-state index < -0.39 is 44.5 Å². The minimum Gasteiger partial charge on any atom is -0.387 e. The summed E-state index contributed by atoms with van der Waals surface area (Å²) in [5, 5.41) is 21.9. The Bertz CT molecular complexity index is 1010. The second-order valence-corrected chi connectivity index (χ2v) is 8.07. The number of nitrogens with one attached hydrogen (secondary N) is 1. The maximum Gasteiger partial charge on any atom is 0.489 e. The van der Waals surface area contributed by atoms with Crippen LogP contribution >= 0.6 is 7.82 Å². The van der Waals surface area contributed by atoms with Gasteiger partial charge >= 0.3 is 7.82 Å². The Morgan fingerprint density at radius 2 is 2.07 bits per heavy atom. The van der Waals surface area contributed by atoms with Gasteiger partial charge in [-0.25, -0.2) is 9.55 Å². The number of nitrogens with two attached hydrogens (primary N) is 1. The van der Waals surface area contributed by atoms with Crippen LogP contribution in [0.15, 0.2) is 11.1 Å². The quantitative estimate of drug-likeness (QED) is 0.295. The molecule has 2 saturated heterocycles. The van der Waals surface area contributed by atoms with Gasteiger partial charge in [0.2, 0.25) is 5.95 Å². The number of fused-ring (bicyclic) bond motifs is 1. The van der Waals surface area contributed by atoms with Crippen molar-refractivity contribution in [3.05, 3.63) is 16.7 Å². The standard InChI is InChI=1S/C14H21N6O9P/c15-14-17-11-8(12(23)18-14)16-6-20(11)13-10(22)9(21)7(28-13)5-27-30(24,25)29-19-1-3-26-4-2-19/h6-7,9-10,13,21-22H,1-5H2,(H,24,25)(H3,15,17,18,23)/t7-,9-,10-,13-/m1/s1. The molecule has 4 heterocycles. The number of nitrogen functional groups attached to an aromatic ring is 1. The molecule has 6 N–H and O–H groups in total. The van der Waals surface area contributed by atoms with Gasteiger partial charge in [0.1, 0.15) is 18.3 Å². The number of phosphoric ester groups is 1. The molecule has 2 fully saturated rings. The smallest absolute Gasteiger partial charge is 0.387 e. The van der Waals surface area contributed by atoms with Crippen molar-refractivity contribution in [3.63, 3.8) is 0 Å². The number of nitrogens with zero attached hydrogens (tertiary/aromatic N) is 4. The van der Waals surface area contributed by atoms with E-state index in [1.54, 1.807) is 0 Å². The lowest BCUT2D eigenvalue weighted by Crippen LogP contribution is -2.36. The molecule has 0 aromatic carbocycles. The summed E-state index contributed by atoms with van der Waals surface area (Å²) in [6.07, 6.45) is -4.08. The van der Waals surface area contributed by atoms with Gasteiger partial charge in [-0.2, -0.15) is 14.7 Å². The Kier molecular flexibility index (Phi) is 5.89. The fourth-order valence-corrected chi connectivity index (χ4v) is 4.03. The van der Waals surface area contributed by atoms with Crippen molar-refractivity contribution >= 4 is 24.9 Å². The average molecular weight is 448 g/mol. The number of hydrogen-bond donors (Lipinski definition) is 5. The van der Waals surface area contributed by atoms with Gasteiger partial charge in [-0.15, -0.1) is 0 Å². The Morgan fingerprint density at radius 1 is 1.33 bits per heavy atom. The van der Waals surface area contributed by atoms with Crippen LogP contribution in [0.25, 0.3) is 11.2 Å². The minimum absolute atomic E-state index is 0.0343. The van der Waals surface area contributed by atoms with Crippen LogP contribution in [0, 0.1) is 0 Å². The van der Waals surface area contributed by atoms with Gasteiger partial charge < -0.3 is 30.3 Å². The molecule has 0 bridgehead atoms. The van der Waals surface area contributed by atoms with E-state index in [9.17, 15) is 24.5 Å². The van der Waals surface area contributed by atoms with Crippen LogP contribution in [0.1, 0.15) is 6.23 Å². The van der Waals surface area contributed by atoms with Crippen LogP contribution in [0.5, 0.6) is 0 Å². The van der Waals surface area contributed by atoms with Crippen LogP contribution in [0.4, 0.5) is 5.95 Å². The number of aromatic nitrogens is 4. The van der Waals surface area contributed by atoms with Gasteiger partial charge in [0.25, 0.3) is 5.56 Å². The largest absolute Gasteiger partial charge is 0.489 e. The summed E-state index contributed by atoms with van der Waals surface area (Å²) in [6, 6.07) is 0. The molecule has 166 valence electrons. The van der Waals surface area contributed by atoms with Gasteiger partial charge in [0.15, 0.2) is 17.4 Å². The Labute approximate surface area is 168 Å². The molecular weight excluding hydrogens is 427 g/mol. The predicted molar refractivity (Wildman–Crippen MR) is 97.7 cm³/mol. The van der Waals surface area contributed by atoms with Gasteiger partial charge in [0, 0.05) is 13.1 Å². The molecule has 0 aliphatic carbocycles. The number of hydrogen-bond acceptors (Lipinski definition) is 12. The number of anilines is 1. The van der Waals surface area contributed by atoms with E-state index in [0.29, 0.717) is 26.3 Å². The van der Waals surface area contributed by atoms with Crippen LogP contribution in [-0.2, 0) is 23.2 Å². The highest BCUT2D eigenvalue weighted by Gasteiger charge is 2.45. The van der Waals surface area contributed by atoms with E-state index >= 15 is 0 Å². The van der Waals surface area contributed by atoms with E-state index in [-0.39, 0.29) is 17.1 Å². The molecule has 4 rings (SSSR count). The molecular formula is C14H21N6O9P. The maximum absolute atomic E-state index is 12.1. The summed E-state index contributed by atoms with van der Waals surface area (Å²) in [4.78, 5) is 32.0. The maximum atomic E-state index is 12.1. The van der Waals surface area contributed by atoms with E-state index in [1.807, 2.05) is 0 Å². The zero-order chi connectivity index (χ0) is 21.5. The average Bonchev–Trinajstić information content (AvgIpc) is 3.22. The third-order valence-corrected chi connectivity index (χ3v) is 5.57. The molecule has 1 unspecified atom stereocenters. The highest BCUT2D eigenvalue weighted by molar-refractivity contribution is 7.47. The second kappa shape index (κ2) is 8.30. The van der Waals surface area contributed by atoms with Crippen LogP contribution in [-0.4, -0.2) is 90.9 Å². The summed E-state index contributed by atoms with van der Waals surface area (Å²) >= 11 is 0. The van der Waals surface area contributed by atoms with Crippen molar-refractivity contribution in [2.75, 3.05) is 38.6 Å². The number of imidazole rings is 1. The van der Waals surface area contributed by atoms with Crippen LogP contribution < -0.4 is 11.3 Å². The molecule has 0 amide bonds. The molecule has 16 heteroatoms. The molecule has 30 heavy (non-hydrogen) atoms. The molecule has 0 saturated carbocycles. The number of aliphatic hydroxyl groups excluding tert-OH is 2. The first kappa shape index (κ1) is 21.3. The zero-order valence-corrected chi connectivity index (χ0v) is 16.4. The van der Waals surface area contributed by atoms with Crippen molar-refractivity contribution in [2.24, 2.45) is 0 Å². The highest BCUT2D eigenvalue weighted by atomic mass is 31.2. The number of aromatic amines is 1. The summed E-state index contributed by atoms with van der Waals surface area (Å²) in [5.74, 6) is -0.163. The van der Waals surface area contributed by atoms with E-state index in [2.05, 4.69) is 15.0 Å². The lowest BCUT2D eigenvalue weighted by molar-refractivity contribution is -0.138. The normalized spacial score (nSPS) is 30.0. The first-order valence-corrected chi connectivity index (χ1v) is 10.5. The SMILES string of the molecule is Nc1nc2c(ncn2[C@@H]2O[C@H](COP(=O)(O)ON3CCOCC3)[C@@H](O)[C@H]2O)c(=O)[nH]1. The van der Waals surface area contributed by atoms with Crippen molar-refractivity contribution in [1.29, 1.82) is 0 Å². The molecule has 2 aromatic rings. The van der Waals surface area contributed by atoms with Crippen molar-refractivity contribution in [1.82, 2.24) is 24.6 Å². The lowest BCUT2D eigenvalue weighted by Gasteiger charge is -2.27. The summed E-state index contributed by atoms with van der Waals surface area (Å²) in [6.45, 7) is 0.729. The first-order valence-electron chi connectivity index (χ1n) is 8.99. The van der Waals surface area contributed by atoms with E-state index in [0.717, 1.165) is 0 Å². The Balaban J connectivity index is 1.45. The number of rotatable bonds is 6. The van der Waals surface area contributed by atoms with Crippen molar-refractivity contribution in [3.8, 4) is 0 Å². The topological polar surface area (TPSA) is 208 Å². The van der Waals surface area contributed by atoms with E-state index in [4.69, 9.17) is 24.4 Å². The predicted octanol–water partition coefficient (Wildman–Crippen LogP) is -2.30. The number of aliphatic hydroxyl groups is 2. The number of hydroxylamine groups is 2. The molecule has 2 aliphatic rings. The van der Waals surface area contributed by atoms with Crippen molar-refractivity contribution < 1.29 is 38.3 Å². The number of phosphoric acid groups is 1. The van der Waals surface area contributed by atoms with Gasteiger partial charge in [-0.05, 0) is 0 Å². The molecule has 0 radical (unpaired) electrons. The molecule has 2 aliphatic heterocycles. The fraction of sp³-hybridized carbons (Fsp3) is 0.643. The summed E-state index contributed by atoms with van der Waals surface area (Å²) < 4.78 is 33.9. The molecule has 15 nitrogen and oxygen atoms in total. The minimum atomic E-state index is -4.49. The zero-order valence-electron chi connectivity index (χ0n) is 15.5. The number of H-pyrrole nitrogens is 1. The second-order valence-electron chi connectivity index (χ2n) is 6.71. The summed E-state index contributed by atoms with van der Waals surface area (Å²) in [5.41, 5.74) is 4.98. The van der Waals surface area contributed by atoms with Crippen LogP contribution in [0.3, 0.4) is 0 Å². The first-order chi connectivity index (χ1) is 14.2. The fourth-order valence-electron chi connectivity index (χ4n) is 3.19. The summed E-state index contributed by atoms with van der Waals surface area (Å²) in [7, 11) is -4.49. The van der Waals surface area contributed by atoms with Gasteiger partial charge in [0.05, 0.1) is 26.1 Å². The Hall–Kier alpha value is -1.94. The van der Waals surface area contributed by atoms with Gasteiger partial charge in [-0.1, -0.05) is 0 Å². The van der Waals surface area contributed by atoms with Crippen LogP contribution in [0.2, 0.25) is 0 Å². The third-order valence-electron chi connectivity index (χ3n) is 4.65. The molecule has 2 aromatic heterocycles. The highest BCUT2D eigenvalue weighted by Crippen LogP contribution is 2.45. The van der Waals surface area contributed by atoms with Gasteiger partial charge in [-0.3, -0.25) is 18.9 Å². The molecule has 5 atom stereocenters. The number of morpholine rings is 1. The molecule has 0 spiro atoms. The van der Waals surface area contributed by atoms with Crippen molar-refractivity contribution in [2.45, 2.75) is 24.5 Å². The third kappa shape index (κ3) is 4.25. The number of ether oxygens (including phenoxy) is 2. The monoisotopic (exact) mass is 448 g/mol. The van der Waals surface area contributed by atoms with E-state index in [1.165, 1.54) is 16.0 Å².